The molecule has 1 amide bonds. The summed E-state index contributed by atoms with van der Waals surface area (Å²) >= 11 is 0. The SMILES string of the molecule is CC(C)(C)C12CC(=O)NC1C1CC3(CC3)[C@@]12C. The second-order valence-electron chi connectivity index (χ2n) is 8.24. The van der Waals surface area contributed by atoms with Crippen LogP contribution in [0.4, 0.5) is 0 Å². The minimum Gasteiger partial charge on any atom is -0.352 e. The van der Waals surface area contributed by atoms with Gasteiger partial charge in [0.25, 0.3) is 0 Å². The molecule has 17 heavy (non-hydrogen) atoms. The van der Waals surface area contributed by atoms with Gasteiger partial charge >= 0.3 is 0 Å². The van der Waals surface area contributed by atoms with Crippen LogP contribution in [0.15, 0.2) is 0 Å². The van der Waals surface area contributed by atoms with Crippen molar-refractivity contribution in [2.24, 2.45) is 27.6 Å². The van der Waals surface area contributed by atoms with Crippen LogP contribution < -0.4 is 5.32 Å². The molecule has 3 aliphatic carbocycles. The van der Waals surface area contributed by atoms with Crippen LogP contribution in [0.5, 0.6) is 0 Å². The molecule has 4 atom stereocenters. The summed E-state index contributed by atoms with van der Waals surface area (Å²) in [5.74, 6) is 1.08. The molecule has 2 heteroatoms. The minimum absolute atomic E-state index is 0.233. The first kappa shape index (κ1) is 10.4. The third-order valence-corrected chi connectivity index (χ3v) is 7.26. The maximum absolute atomic E-state index is 11.9. The molecule has 3 saturated carbocycles. The van der Waals surface area contributed by atoms with Gasteiger partial charge in [-0.1, -0.05) is 27.7 Å². The monoisotopic (exact) mass is 233 g/mol. The van der Waals surface area contributed by atoms with Crippen molar-refractivity contribution < 1.29 is 4.79 Å². The van der Waals surface area contributed by atoms with Crippen LogP contribution in [-0.2, 0) is 4.79 Å². The van der Waals surface area contributed by atoms with Crippen LogP contribution in [0.25, 0.3) is 0 Å². The lowest BCUT2D eigenvalue weighted by molar-refractivity contribution is -0.312. The normalized spacial score (nSPS) is 53.3. The van der Waals surface area contributed by atoms with Crippen molar-refractivity contribution >= 4 is 5.91 Å². The lowest BCUT2D eigenvalue weighted by atomic mass is 9.24. The van der Waals surface area contributed by atoms with E-state index in [-0.39, 0.29) is 10.8 Å². The molecule has 1 heterocycles. The summed E-state index contributed by atoms with van der Waals surface area (Å²) in [4.78, 5) is 11.9. The van der Waals surface area contributed by atoms with Gasteiger partial charge in [-0.3, -0.25) is 4.79 Å². The summed E-state index contributed by atoms with van der Waals surface area (Å²) in [6.07, 6.45) is 4.99. The molecule has 4 rings (SSSR count). The van der Waals surface area contributed by atoms with Crippen LogP contribution in [0.1, 0.15) is 53.4 Å². The largest absolute Gasteiger partial charge is 0.352 e. The standard InChI is InChI=1S/C15H23NO/c1-12(2,3)15-8-10(17)16-11(15)9-7-14(5-6-14)13(9,15)4/h9,11H,5-8H2,1-4H3,(H,16,17)/t9?,11?,13-,15?/m1/s1. The smallest absolute Gasteiger partial charge is 0.220 e. The molecule has 0 aromatic carbocycles. The van der Waals surface area contributed by atoms with E-state index in [1.807, 2.05) is 0 Å². The first-order valence-corrected chi connectivity index (χ1v) is 7.08. The van der Waals surface area contributed by atoms with Gasteiger partial charge in [0.2, 0.25) is 5.91 Å². The number of carbonyl (C=O) groups is 1. The van der Waals surface area contributed by atoms with Crippen molar-refractivity contribution in [2.75, 3.05) is 0 Å². The van der Waals surface area contributed by atoms with Gasteiger partial charge in [0.1, 0.15) is 0 Å². The minimum atomic E-state index is 0.233. The van der Waals surface area contributed by atoms with Crippen LogP contribution in [-0.4, -0.2) is 11.9 Å². The summed E-state index contributed by atoms with van der Waals surface area (Å²) in [6, 6.07) is 0.478. The van der Waals surface area contributed by atoms with Gasteiger partial charge in [-0.05, 0) is 41.4 Å². The maximum Gasteiger partial charge on any atom is 0.220 e. The first-order valence-electron chi connectivity index (χ1n) is 7.08. The predicted molar refractivity (Wildman–Crippen MR) is 66.3 cm³/mol. The van der Waals surface area contributed by atoms with Gasteiger partial charge in [0.15, 0.2) is 0 Å². The highest BCUT2D eigenvalue weighted by Gasteiger charge is 2.88. The molecule has 4 fully saturated rings. The Morgan fingerprint density at radius 2 is 1.94 bits per heavy atom. The molecule has 94 valence electrons. The molecule has 0 radical (unpaired) electrons. The van der Waals surface area contributed by atoms with E-state index in [2.05, 4.69) is 33.0 Å². The van der Waals surface area contributed by atoms with Crippen LogP contribution in [0.3, 0.4) is 0 Å². The Balaban J connectivity index is 1.86. The van der Waals surface area contributed by atoms with E-state index in [1.165, 1.54) is 19.3 Å². The van der Waals surface area contributed by atoms with E-state index in [0.29, 0.717) is 22.8 Å². The number of amides is 1. The number of nitrogens with one attached hydrogen (secondary N) is 1. The lowest BCUT2D eigenvalue weighted by Crippen LogP contribution is -2.81. The van der Waals surface area contributed by atoms with Crippen molar-refractivity contribution in [3.8, 4) is 0 Å². The zero-order valence-electron chi connectivity index (χ0n) is 11.4. The third kappa shape index (κ3) is 0.743. The lowest BCUT2D eigenvalue weighted by Gasteiger charge is -2.80. The van der Waals surface area contributed by atoms with Crippen LogP contribution in [0.2, 0.25) is 0 Å². The molecule has 1 N–H and O–H groups in total. The summed E-state index contributed by atoms with van der Waals surface area (Å²) < 4.78 is 0. The molecule has 1 saturated heterocycles. The highest BCUT2D eigenvalue weighted by molar-refractivity contribution is 5.82. The Labute approximate surface area is 104 Å². The molecule has 3 unspecified atom stereocenters. The maximum atomic E-state index is 11.9. The fourth-order valence-corrected chi connectivity index (χ4v) is 6.30. The van der Waals surface area contributed by atoms with Gasteiger partial charge in [-0.2, -0.15) is 0 Å². The van der Waals surface area contributed by atoms with E-state index in [0.717, 1.165) is 12.3 Å². The fourth-order valence-electron chi connectivity index (χ4n) is 6.30. The van der Waals surface area contributed by atoms with E-state index >= 15 is 0 Å². The zero-order valence-corrected chi connectivity index (χ0v) is 11.4. The topological polar surface area (TPSA) is 29.1 Å². The molecule has 4 aliphatic rings. The van der Waals surface area contributed by atoms with E-state index in [9.17, 15) is 4.79 Å². The predicted octanol–water partition coefficient (Wildman–Crippen LogP) is 2.73. The summed E-state index contributed by atoms with van der Waals surface area (Å²) in [5.41, 5.74) is 1.55. The van der Waals surface area contributed by atoms with E-state index in [1.54, 1.807) is 0 Å². The molecule has 1 aliphatic heterocycles. The molecule has 0 aromatic heterocycles. The van der Waals surface area contributed by atoms with Gasteiger partial charge in [0.05, 0.1) is 0 Å². The average Bonchev–Trinajstić information content (AvgIpc) is 2.94. The second kappa shape index (κ2) is 2.31. The highest BCUT2D eigenvalue weighted by atomic mass is 16.2. The van der Waals surface area contributed by atoms with Gasteiger partial charge in [0, 0.05) is 17.9 Å². The molecular weight excluding hydrogens is 210 g/mol. The number of rotatable bonds is 0. The highest BCUT2D eigenvalue weighted by Crippen LogP contribution is 2.90. The van der Waals surface area contributed by atoms with Crippen LogP contribution >= 0.6 is 0 Å². The number of hydrogen-bond donors (Lipinski definition) is 1. The van der Waals surface area contributed by atoms with E-state index < -0.39 is 0 Å². The fraction of sp³-hybridized carbons (Fsp3) is 0.933. The Bertz CT molecular complexity index is 431. The number of hydrogen-bond acceptors (Lipinski definition) is 1. The zero-order chi connectivity index (χ0) is 12.3. The molecular formula is C15H23NO. The van der Waals surface area contributed by atoms with E-state index in [4.69, 9.17) is 0 Å². The molecule has 0 aromatic rings. The van der Waals surface area contributed by atoms with Crippen LogP contribution in [0, 0.1) is 27.6 Å². The second-order valence-corrected chi connectivity index (χ2v) is 8.24. The third-order valence-electron chi connectivity index (χ3n) is 7.26. The van der Waals surface area contributed by atoms with Gasteiger partial charge in [-0.15, -0.1) is 0 Å². The Hall–Kier alpha value is -0.530. The van der Waals surface area contributed by atoms with Crippen molar-refractivity contribution in [1.82, 2.24) is 5.32 Å². The van der Waals surface area contributed by atoms with Crippen molar-refractivity contribution in [2.45, 2.75) is 59.4 Å². The quantitative estimate of drug-likeness (QED) is 0.685. The first-order chi connectivity index (χ1) is 7.79. The van der Waals surface area contributed by atoms with Gasteiger partial charge in [-0.25, -0.2) is 0 Å². The number of fused-ring (bicyclic) bond motifs is 5. The summed E-state index contributed by atoms with van der Waals surface area (Å²) in [6.45, 7) is 9.53. The van der Waals surface area contributed by atoms with Crippen molar-refractivity contribution in [3.05, 3.63) is 0 Å². The van der Waals surface area contributed by atoms with Gasteiger partial charge < -0.3 is 5.32 Å². The summed E-state index contributed by atoms with van der Waals surface area (Å²) in [7, 11) is 0. The van der Waals surface area contributed by atoms with Crippen molar-refractivity contribution in [1.29, 1.82) is 0 Å². The van der Waals surface area contributed by atoms with Crippen molar-refractivity contribution in [3.63, 3.8) is 0 Å². The Morgan fingerprint density at radius 1 is 1.29 bits per heavy atom. The molecule has 1 spiro atoms. The Kier molecular flexibility index (Phi) is 1.41. The average molecular weight is 233 g/mol. The molecule has 0 bridgehead atoms. The Morgan fingerprint density at radius 3 is 2.47 bits per heavy atom. The molecule has 2 nitrogen and oxygen atoms in total. The number of carbonyl (C=O) groups excluding carboxylic acids is 1. The summed E-state index contributed by atoms with van der Waals surface area (Å²) in [5, 5.41) is 3.28.